The summed E-state index contributed by atoms with van der Waals surface area (Å²) in [5.41, 5.74) is 3.04. The van der Waals surface area contributed by atoms with E-state index < -0.39 is 0 Å². The highest BCUT2D eigenvalue weighted by Crippen LogP contribution is 2.23. The molecule has 0 spiro atoms. The Kier molecular flexibility index (Phi) is 6.51. The third kappa shape index (κ3) is 4.99. The number of anilines is 1. The second kappa shape index (κ2) is 9.85. The van der Waals surface area contributed by atoms with Gasteiger partial charge in [0.2, 0.25) is 0 Å². The molecule has 0 unspecified atom stereocenters. The molecule has 1 aromatic carbocycles. The van der Waals surface area contributed by atoms with Crippen molar-refractivity contribution in [1.29, 1.82) is 0 Å². The molecule has 5 rings (SSSR count). The fourth-order valence-electron chi connectivity index (χ4n) is 4.95. The van der Waals surface area contributed by atoms with Crippen LogP contribution in [-0.4, -0.2) is 85.2 Å². The zero-order valence-corrected chi connectivity index (χ0v) is 19.2. The summed E-state index contributed by atoms with van der Waals surface area (Å²) in [6.07, 6.45) is 4.51. The summed E-state index contributed by atoms with van der Waals surface area (Å²) in [5.74, 6) is 1.30. The van der Waals surface area contributed by atoms with Gasteiger partial charge in [-0.05, 0) is 49.2 Å². The van der Waals surface area contributed by atoms with Gasteiger partial charge in [0.15, 0.2) is 0 Å². The van der Waals surface area contributed by atoms with Crippen molar-refractivity contribution in [2.75, 3.05) is 64.4 Å². The van der Waals surface area contributed by atoms with E-state index in [2.05, 4.69) is 51.1 Å². The Labute approximate surface area is 195 Å². The van der Waals surface area contributed by atoms with Gasteiger partial charge in [-0.3, -0.25) is 9.78 Å². The highest BCUT2D eigenvalue weighted by molar-refractivity contribution is 5.95. The van der Waals surface area contributed by atoms with Crippen molar-refractivity contribution >= 4 is 22.6 Å². The Bertz CT molecular complexity index is 1110. The van der Waals surface area contributed by atoms with Gasteiger partial charge in [-0.25, -0.2) is 4.98 Å². The van der Waals surface area contributed by atoms with Gasteiger partial charge in [0.05, 0.1) is 18.7 Å². The summed E-state index contributed by atoms with van der Waals surface area (Å²) in [4.78, 5) is 29.1. The Balaban J connectivity index is 1.34. The zero-order valence-electron chi connectivity index (χ0n) is 19.2. The molecule has 0 aliphatic carbocycles. The largest absolute Gasteiger partial charge is 0.378 e. The SMILES string of the molecule is CN1CCN(C(=O)c2ccnc(N3CCOCC3)c2)C[C@@H](Cc2cccc3ncccc23)C1. The number of hydrogen-bond donors (Lipinski definition) is 0. The maximum Gasteiger partial charge on any atom is 0.254 e. The normalized spacial score (nSPS) is 20.1. The van der Waals surface area contributed by atoms with Gasteiger partial charge in [-0.1, -0.05) is 18.2 Å². The average molecular weight is 446 g/mol. The van der Waals surface area contributed by atoms with Crippen LogP contribution in [0.4, 0.5) is 5.82 Å². The van der Waals surface area contributed by atoms with Crippen molar-refractivity contribution in [2.45, 2.75) is 6.42 Å². The topological polar surface area (TPSA) is 61.8 Å². The van der Waals surface area contributed by atoms with E-state index >= 15 is 0 Å². The predicted molar refractivity (Wildman–Crippen MR) is 130 cm³/mol. The van der Waals surface area contributed by atoms with Crippen molar-refractivity contribution in [1.82, 2.24) is 19.8 Å². The molecule has 7 nitrogen and oxygen atoms in total. The van der Waals surface area contributed by atoms with E-state index in [0.717, 1.165) is 57.0 Å². The van der Waals surface area contributed by atoms with Crippen LogP contribution in [0, 0.1) is 5.92 Å². The van der Waals surface area contributed by atoms with Crippen LogP contribution < -0.4 is 4.90 Å². The minimum absolute atomic E-state index is 0.0896. The number of morpholine rings is 1. The lowest BCUT2D eigenvalue weighted by Gasteiger charge is -2.28. The van der Waals surface area contributed by atoms with Crippen LogP contribution in [0.3, 0.4) is 0 Å². The van der Waals surface area contributed by atoms with Crippen molar-refractivity contribution in [3.05, 3.63) is 66.0 Å². The quantitative estimate of drug-likeness (QED) is 0.616. The summed E-state index contributed by atoms with van der Waals surface area (Å²) in [5, 5.41) is 1.20. The van der Waals surface area contributed by atoms with E-state index in [1.807, 2.05) is 29.3 Å². The molecular weight excluding hydrogens is 414 g/mol. The number of carbonyl (C=O) groups excluding carboxylic acids is 1. The monoisotopic (exact) mass is 445 g/mol. The standard InChI is InChI=1S/C26H31N5O2/c1-29-10-11-31(26(32)22-7-9-28-25(17-22)30-12-14-33-15-13-30)19-20(18-29)16-21-4-2-6-24-23(21)5-3-8-27-24/h2-9,17,20H,10-16,18-19H2,1H3/t20-/m0/s1. The number of rotatable bonds is 4. The lowest BCUT2D eigenvalue weighted by molar-refractivity contribution is 0.0746. The van der Waals surface area contributed by atoms with Crippen molar-refractivity contribution in [3.8, 4) is 0 Å². The molecule has 3 aromatic rings. The second-order valence-electron chi connectivity index (χ2n) is 9.07. The number of fused-ring (bicyclic) bond motifs is 1. The average Bonchev–Trinajstić information content (AvgIpc) is 3.05. The first-order valence-electron chi connectivity index (χ1n) is 11.8. The van der Waals surface area contributed by atoms with Gasteiger partial charge in [-0.2, -0.15) is 0 Å². The van der Waals surface area contributed by atoms with Crippen molar-refractivity contribution < 1.29 is 9.53 Å². The Morgan fingerprint density at radius 1 is 1.00 bits per heavy atom. The van der Waals surface area contributed by atoms with E-state index in [-0.39, 0.29) is 5.91 Å². The summed E-state index contributed by atoms with van der Waals surface area (Å²) in [7, 11) is 2.15. The molecule has 0 bridgehead atoms. The Morgan fingerprint density at radius 3 is 2.76 bits per heavy atom. The van der Waals surface area contributed by atoms with Crippen LogP contribution in [0.5, 0.6) is 0 Å². The number of carbonyl (C=O) groups is 1. The summed E-state index contributed by atoms with van der Waals surface area (Å²) in [6.45, 7) is 6.33. The van der Waals surface area contributed by atoms with Crippen LogP contribution in [0.1, 0.15) is 15.9 Å². The molecule has 0 saturated carbocycles. The number of benzene rings is 1. The lowest BCUT2D eigenvalue weighted by Crippen LogP contribution is -2.38. The van der Waals surface area contributed by atoms with Gasteiger partial charge >= 0.3 is 0 Å². The number of hydrogen-bond acceptors (Lipinski definition) is 6. The van der Waals surface area contributed by atoms with E-state index in [1.54, 1.807) is 6.20 Å². The number of aromatic nitrogens is 2. The number of nitrogens with zero attached hydrogens (tertiary/aromatic N) is 5. The molecule has 4 heterocycles. The molecule has 33 heavy (non-hydrogen) atoms. The highest BCUT2D eigenvalue weighted by Gasteiger charge is 2.26. The van der Waals surface area contributed by atoms with Gasteiger partial charge in [0.25, 0.3) is 5.91 Å². The molecule has 2 saturated heterocycles. The van der Waals surface area contributed by atoms with Crippen LogP contribution in [0.2, 0.25) is 0 Å². The van der Waals surface area contributed by atoms with Crippen molar-refractivity contribution in [3.63, 3.8) is 0 Å². The van der Waals surface area contributed by atoms with Gasteiger partial charge < -0.3 is 19.4 Å². The number of amides is 1. The highest BCUT2D eigenvalue weighted by atomic mass is 16.5. The minimum atomic E-state index is 0.0896. The molecule has 172 valence electrons. The summed E-state index contributed by atoms with van der Waals surface area (Å²) >= 11 is 0. The molecule has 1 amide bonds. The van der Waals surface area contributed by atoms with Crippen molar-refractivity contribution in [2.24, 2.45) is 5.92 Å². The van der Waals surface area contributed by atoms with E-state index in [1.165, 1.54) is 10.9 Å². The zero-order chi connectivity index (χ0) is 22.6. The Hall–Kier alpha value is -3.03. The number of pyridine rings is 2. The minimum Gasteiger partial charge on any atom is -0.378 e. The molecule has 2 fully saturated rings. The molecule has 2 aliphatic rings. The first kappa shape index (κ1) is 21.8. The molecule has 1 atom stereocenters. The fraction of sp³-hybridized carbons (Fsp3) is 0.423. The maximum absolute atomic E-state index is 13.5. The third-order valence-electron chi connectivity index (χ3n) is 6.66. The van der Waals surface area contributed by atoms with Gasteiger partial charge in [0, 0.05) is 62.6 Å². The van der Waals surface area contributed by atoms with E-state index in [4.69, 9.17) is 4.74 Å². The van der Waals surface area contributed by atoms with Gasteiger partial charge in [-0.15, -0.1) is 0 Å². The molecule has 2 aliphatic heterocycles. The first-order chi connectivity index (χ1) is 16.2. The van der Waals surface area contributed by atoms with E-state index in [0.29, 0.717) is 24.7 Å². The smallest absolute Gasteiger partial charge is 0.254 e. The fourth-order valence-corrected chi connectivity index (χ4v) is 4.95. The maximum atomic E-state index is 13.5. The van der Waals surface area contributed by atoms with Crippen LogP contribution in [0.25, 0.3) is 10.9 Å². The first-order valence-corrected chi connectivity index (χ1v) is 11.8. The molecule has 7 heteroatoms. The van der Waals surface area contributed by atoms with E-state index in [9.17, 15) is 4.79 Å². The Morgan fingerprint density at radius 2 is 1.88 bits per heavy atom. The number of likely N-dealkylation sites (N-methyl/N-ethyl adjacent to an activating group) is 1. The molecule has 2 aromatic heterocycles. The van der Waals surface area contributed by atoms with Crippen LogP contribution >= 0.6 is 0 Å². The van der Waals surface area contributed by atoms with Gasteiger partial charge in [0.1, 0.15) is 5.82 Å². The molecule has 0 radical (unpaired) electrons. The molecular formula is C26H31N5O2. The lowest BCUT2D eigenvalue weighted by atomic mass is 9.95. The molecule has 0 N–H and O–H groups in total. The predicted octanol–water partition coefficient (Wildman–Crippen LogP) is 2.71. The summed E-state index contributed by atoms with van der Waals surface area (Å²) < 4.78 is 5.45. The van der Waals surface area contributed by atoms with Crippen LogP contribution in [-0.2, 0) is 11.2 Å². The van der Waals surface area contributed by atoms with Crippen LogP contribution in [0.15, 0.2) is 54.9 Å². The summed E-state index contributed by atoms with van der Waals surface area (Å²) in [6, 6.07) is 14.3. The third-order valence-corrected chi connectivity index (χ3v) is 6.66. The number of ether oxygens (including phenoxy) is 1. The second-order valence-corrected chi connectivity index (χ2v) is 9.07.